The van der Waals surface area contributed by atoms with Crippen molar-refractivity contribution in [2.75, 3.05) is 25.7 Å². The van der Waals surface area contributed by atoms with Crippen LogP contribution in [-0.2, 0) is 14.3 Å². The van der Waals surface area contributed by atoms with Gasteiger partial charge in [-0.05, 0) is 6.42 Å². The number of carboxylic acid groups (broad SMARTS) is 1. The molecule has 1 amide bonds. The number of rotatable bonds is 9. The maximum absolute atomic E-state index is 12.1. The van der Waals surface area contributed by atoms with E-state index >= 15 is 0 Å². The Morgan fingerprint density at radius 2 is 2.30 bits per heavy atom. The van der Waals surface area contributed by atoms with Crippen LogP contribution in [0, 0.1) is 11.8 Å². The van der Waals surface area contributed by atoms with E-state index in [2.05, 4.69) is 4.99 Å². The molecule has 1 saturated heterocycles. The van der Waals surface area contributed by atoms with Crippen LogP contribution in [0.2, 0.25) is 0 Å². The van der Waals surface area contributed by atoms with Gasteiger partial charge >= 0.3 is 5.97 Å². The van der Waals surface area contributed by atoms with E-state index in [0.717, 1.165) is 0 Å². The number of carbonyl (C=O) groups excluding carboxylic acids is 1. The average Bonchev–Trinajstić information content (AvgIpc) is 2.78. The summed E-state index contributed by atoms with van der Waals surface area (Å²) >= 11 is 1.29. The van der Waals surface area contributed by atoms with Gasteiger partial charge in [0.05, 0.1) is 37.4 Å². The van der Waals surface area contributed by atoms with Gasteiger partial charge in [0, 0.05) is 17.4 Å². The molecule has 0 spiro atoms. The highest BCUT2D eigenvalue weighted by Crippen LogP contribution is 2.50. The number of amides is 1. The minimum Gasteiger partial charge on any atom is -0.477 e. The third kappa shape index (κ3) is 3.36. The normalized spacial score (nSPS) is 26.8. The third-order valence-corrected chi connectivity index (χ3v) is 5.24. The molecule has 0 aliphatic carbocycles. The zero-order valence-electron chi connectivity index (χ0n) is 12.8. The summed E-state index contributed by atoms with van der Waals surface area (Å²) in [6.45, 7) is 2.67. The van der Waals surface area contributed by atoms with Crippen LogP contribution >= 0.6 is 11.8 Å². The fraction of sp³-hybridized carbons (Fsp3) is 0.643. The predicted octanol–water partition coefficient (Wildman–Crippen LogP) is -0.164. The van der Waals surface area contributed by atoms with E-state index in [1.807, 2.05) is 6.92 Å². The van der Waals surface area contributed by atoms with Gasteiger partial charge in [0.1, 0.15) is 5.70 Å². The lowest BCUT2D eigenvalue weighted by atomic mass is 9.80. The lowest BCUT2D eigenvalue weighted by Gasteiger charge is -2.45. The van der Waals surface area contributed by atoms with E-state index in [1.54, 1.807) is 0 Å². The van der Waals surface area contributed by atoms with Crippen LogP contribution in [0.25, 0.3) is 0 Å². The van der Waals surface area contributed by atoms with E-state index in [0.29, 0.717) is 24.5 Å². The third-order valence-electron chi connectivity index (χ3n) is 4.08. The quantitative estimate of drug-likeness (QED) is 0.174. The number of nitrogens with zero attached hydrogens (tertiary/aromatic N) is 2. The largest absolute Gasteiger partial charge is 0.477 e. The second kappa shape index (κ2) is 7.80. The maximum atomic E-state index is 12.1. The first-order valence-electron chi connectivity index (χ1n) is 7.36. The molecule has 0 radical (unpaired) electrons. The number of hydrogen-bond acceptors (Lipinski definition) is 6. The number of hydrogen-bond donors (Lipinski definition) is 3. The molecule has 9 heteroatoms. The number of β-lactam (4-membered cyclic amide) rings is 1. The van der Waals surface area contributed by atoms with Gasteiger partial charge in [-0.25, -0.2) is 4.79 Å². The van der Waals surface area contributed by atoms with Gasteiger partial charge in [0.2, 0.25) is 5.91 Å². The van der Waals surface area contributed by atoms with Crippen molar-refractivity contribution in [2.24, 2.45) is 22.6 Å². The first kappa shape index (κ1) is 17.8. The van der Waals surface area contributed by atoms with Crippen molar-refractivity contribution in [3.63, 3.8) is 0 Å². The molecule has 0 unspecified atom stereocenters. The Bertz CT molecular complexity index is 537. The number of aliphatic imine (C=N–C) groups is 1. The predicted molar refractivity (Wildman–Crippen MR) is 85.6 cm³/mol. The average molecular weight is 343 g/mol. The van der Waals surface area contributed by atoms with Crippen molar-refractivity contribution in [1.82, 2.24) is 4.90 Å². The molecule has 2 aliphatic rings. The number of nitrogens with two attached hydrogens (primary N) is 1. The minimum absolute atomic E-state index is 0.0512. The van der Waals surface area contributed by atoms with Crippen molar-refractivity contribution in [1.29, 1.82) is 0 Å². The van der Waals surface area contributed by atoms with Crippen molar-refractivity contribution in [3.8, 4) is 0 Å². The standard InChI is InChI=1S/C14H21N3O5S/c1-8-10-9(2-4-18)13(19)17(10)11(14(20)21)12(8)23-7-22-5-3-16-6-15/h6,8-10,18H,2-5,7H2,1H3,(H2,15,16)(H,20,21)/t8-,9+,10-/m1/s1. The van der Waals surface area contributed by atoms with Crippen molar-refractivity contribution in [2.45, 2.75) is 19.4 Å². The number of aliphatic hydroxyl groups is 1. The molecule has 2 aliphatic heterocycles. The fourth-order valence-corrected chi connectivity index (χ4v) is 4.14. The van der Waals surface area contributed by atoms with Gasteiger partial charge in [0.15, 0.2) is 0 Å². The van der Waals surface area contributed by atoms with Gasteiger partial charge in [-0.3, -0.25) is 9.79 Å². The molecule has 2 heterocycles. The molecular formula is C14H21N3O5S. The zero-order valence-corrected chi connectivity index (χ0v) is 13.7. The highest BCUT2D eigenvalue weighted by molar-refractivity contribution is 8.03. The molecule has 2 rings (SSSR count). The highest BCUT2D eigenvalue weighted by atomic mass is 32.2. The molecule has 0 aromatic carbocycles. The highest BCUT2D eigenvalue weighted by Gasteiger charge is 2.58. The maximum Gasteiger partial charge on any atom is 0.353 e. The molecule has 4 N–H and O–H groups in total. The summed E-state index contributed by atoms with van der Waals surface area (Å²) in [6.07, 6.45) is 1.57. The number of carbonyl (C=O) groups is 2. The van der Waals surface area contributed by atoms with Crippen LogP contribution in [0.3, 0.4) is 0 Å². The second-order valence-electron chi connectivity index (χ2n) is 5.35. The van der Waals surface area contributed by atoms with Crippen molar-refractivity contribution < 1.29 is 24.5 Å². The number of ether oxygens (including phenoxy) is 1. The summed E-state index contributed by atoms with van der Waals surface area (Å²) < 4.78 is 5.39. The first-order valence-corrected chi connectivity index (χ1v) is 8.35. The number of aliphatic carboxylic acids is 1. The summed E-state index contributed by atoms with van der Waals surface area (Å²) in [6, 6.07) is -0.176. The number of carboxylic acids is 1. The molecule has 128 valence electrons. The van der Waals surface area contributed by atoms with Crippen LogP contribution in [-0.4, -0.2) is 65.1 Å². The van der Waals surface area contributed by atoms with E-state index in [1.165, 1.54) is 23.0 Å². The van der Waals surface area contributed by atoms with Crippen LogP contribution in [0.15, 0.2) is 15.6 Å². The van der Waals surface area contributed by atoms with Crippen LogP contribution in [0.1, 0.15) is 13.3 Å². The summed E-state index contributed by atoms with van der Waals surface area (Å²) in [5.41, 5.74) is 5.17. The van der Waals surface area contributed by atoms with Crippen molar-refractivity contribution >= 4 is 30.0 Å². The molecule has 3 atom stereocenters. The van der Waals surface area contributed by atoms with Gasteiger partial charge < -0.3 is 25.6 Å². The van der Waals surface area contributed by atoms with Gasteiger partial charge in [-0.15, -0.1) is 0 Å². The van der Waals surface area contributed by atoms with Gasteiger partial charge in [-0.1, -0.05) is 18.7 Å². The topological polar surface area (TPSA) is 125 Å². The first-order chi connectivity index (χ1) is 11.0. The molecule has 8 nitrogen and oxygen atoms in total. The summed E-state index contributed by atoms with van der Waals surface area (Å²) in [7, 11) is 0. The van der Waals surface area contributed by atoms with Gasteiger partial charge in [-0.2, -0.15) is 0 Å². The number of aliphatic hydroxyl groups excluding tert-OH is 1. The Labute approximate surface area is 138 Å². The molecule has 0 aromatic heterocycles. The molecule has 1 fully saturated rings. The Morgan fingerprint density at radius 3 is 2.91 bits per heavy atom. The molecular weight excluding hydrogens is 322 g/mol. The summed E-state index contributed by atoms with van der Waals surface area (Å²) in [5, 5.41) is 18.5. The monoisotopic (exact) mass is 343 g/mol. The number of thioether (sulfide) groups is 1. The second-order valence-corrected chi connectivity index (χ2v) is 6.31. The Hall–Kier alpha value is -1.58. The molecule has 0 saturated carbocycles. The Morgan fingerprint density at radius 1 is 1.57 bits per heavy atom. The molecule has 0 bridgehead atoms. The lowest BCUT2D eigenvalue weighted by Crippen LogP contribution is -2.60. The Balaban J connectivity index is 2.02. The molecule has 0 aromatic rings. The van der Waals surface area contributed by atoms with E-state index in [9.17, 15) is 14.7 Å². The van der Waals surface area contributed by atoms with Crippen LogP contribution < -0.4 is 5.73 Å². The van der Waals surface area contributed by atoms with Crippen molar-refractivity contribution in [3.05, 3.63) is 10.6 Å². The van der Waals surface area contributed by atoms with E-state index in [-0.39, 0.29) is 42.0 Å². The Kier molecular flexibility index (Phi) is 6.03. The van der Waals surface area contributed by atoms with Crippen LogP contribution in [0.5, 0.6) is 0 Å². The zero-order chi connectivity index (χ0) is 17.0. The minimum atomic E-state index is -1.11. The van der Waals surface area contributed by atoms with Crippen LogP contribution in [0.4, 0.5) is 0 Å². The SMILES string of the molecule is C[C@H]1C(SCOCCN=CN)=C(C(=O)O)N2C(=O)[C@@H](CCO)[C@@H]12. The lowest BCUT2D eigenvalue weighted by molar-refractivity contribution is -0.157. The number of fused-ring (bicyclic) bond motifs is 1. The fourth-order valence-electron chi connectivity index (χ4n) is 3.09. The van der Waals surface area contributed by atoms with E-state index < -0.39 is 5.97 Å². The smallest absolute Gasteiger partial charge is 0.353 e. The van der Waals surface area contributed by atoms with E-state index in [4.69, 9.17) is 15.6 Å². The molecule has 23 heavy (non-hydrogen) atoms. The summed E-state index contributed by atoms with van der Waals surface area (Å²) in [4.78, 5) is 29.5. The summed E-state index contributed by atoms with van der Waals surface area (Å²) in [5.74, 6) is -1.42. The van der Waals surface area contributed by atoms with Gasteiger partial charge in [0.25, 0.3) is 0 Å².